The zero-order valence-electron chi connectivity index (χ0n) is 34.0. The Morgan fingerprint density at radius 2 is 1.98 bits per heavy atom. The third kappa shape index (κ3) is 7.30. The summed E-state index contributed by atoms with van der Waals surface area (Å²) in [6.07, 6.45) is -7.17. The van der Waals surface area contributed by atoms with Crippen molar-refractivity contribution in [2.45, 2.75) is 43.6 Å². The second-order valence-electron chi connectivity index (χ2n) is 11.4. The van der Waals surface area contributed by atoms with Gasteiger partial charge in [-0.05, 0) is 26.0 Å². The Morgan fingerprint density at radius 1 is 1.28 bits per heavy atom. The van der Waals surface area contributed by atoms with Gasteiger partial charge >= 0.3 is 5.97 Å². The highest BCUT2D eigenvalue weighted by Crippen LogP contribution is 2.41. The number of hydrogen-bond acceptors (Lipinski definition) is 14. The maximum atomic E-state index is 13.6. The van der Waals surface area contributed by atoms with E-state index in [1.165, 1.54) is 5.38 Å². The zero-order valence-corrected chi connectivity index (χ0v) is 28.4. The quantitative estimate of drug-likeness (QED) is 0.0510. The number of phenolic OH excluding ortho intramolecular Hbond substituents is 2. The van der Waals surface area contributed by atoms with Crippen LogP contribution >= 0.6 is 34.7 Å². The molecular weight excluding hydrogens is 718 g/mol. The number of nitrogens with one attached hydrogen (secondary N) is 2. The van der Waals surface area contributed by atoms with E-state index >= 15 is 0 Å². The number of quaternary nitrogens is 1. The van der Waals surface area contributed by atoms with Gasteiger partial charge < -0.3 is 50.9 Å². The molecule has 3 amide bonds. The van der Waals surface area contributed by atoms with Crippen LogP contribution in [-0.4, -0.2) is 120 Å². The summed E-state index contributed by atoms with van der Waals surface area (Å²) in [7, 11) is 0. The van der Waals surface area contributed by atoms with Gasteiger partial charge in [0.05, 0.1) is 53.8 Å². The molecule has 3 aliphatic rings. The van der Waals surface area contributed by atoms with Crippen LogP contribution < -0.4 is 21.5 Å². The highest BCUT2D eigenvalue weighted by Gasteiger charge is 2.54. The highest BCUT2D eigenvalue weighted by atomic mass is 35.5. The standard InChI is InChI=1S/C30H34ClN7O10S2/c1-30(2,28(46)47)48-36-19(16-13-50-29(32)34-16)24(42)35-20-25(43)37-21(27(44)45)14(12-49-26(20)37)11-38(8-3-4-9-38)10-7-33-23(41)15-5-6-17(39)22(40)18(15)31/h5-6,13,20,26H,3-4,7-12H2,1-2H3,(H7-,32,33,34,35,36,39,40,41,42,44,45,46,47)/t20-,26-/m1/s1/i3D2,4D2,8D2,9D2. The Morgan fingerprint density at radius 3 is 2.60 bits per heavy atom. The number of phenols is 2. The molecule has 20 heteroatoms. The minimum atomic E-state index is -3.58. The molecule has 5 rings (SSSR count). The molecule has 268 valence electrons. The number of hydrogen-bond donors (Lipinski definition) is 6. The summed E-state index contributed by atoms with van der Waals surface area (Å²) < 4.78 is 67.6. The Bertz CT molecular complexity index is 2150. The van der Waals surface area contributed by atoms with Crippen LogP contribution in [0.25, 0.3) is 0 Å². The maximum Gasteiger partial charge on any atom is 0.350 e. The summed E-state index contributed by atoms with van der Waals surface area (Å²) in [4.78, 5) is 74.1. The largest absolute Gasteiger partial charge is 0.543 e. The zero-order chi connectivity index (χ0) is 43.7. The molecule has 2 saturated heterocycles. The van der Waals surface area contributed by atoms with Gasteiger partial charge in [0.1, 0.15) is 23.7 Å². The number of likely N-dealkylation sites (tertiary alicyclic amines) is 1. The molecule has 17 nitrogen and oxygen atoms in total. The number of carbonyl (C=O) groups excluding carboxylic acids is 4. The van der Waals surface area contributed by atoms with Crippen LogP contribution in [0.5, 0.6) is 11.5 Å². The number of carboxylic acids is 2. The Balaban J connectivity index is 1.48. The van der Waals surface area contributed by atoms with Crippen molar-refractivity contribution in [3.63, 3.8) is 0 Å². The summed E-state index contributed by atoms with van der Waals surface area (Å²) in [6, 6.07) is 0.520. The van der Waals surface area contributed by atoms with Crippen molar-refractivity contribution in [1.82, 2.24) is 20.5 Å². The van der Waals surface area contributed by atoms with E-state index in [1.807, 2.05) is 0 Å². The number of aliphatic carboxylic acids is 2. The number of oxime groups is 1. The van der Waals surface area contributed by atoms with Crippen LogP contribution in [0.1, 0.15) is 53.6 Å². The molecule has 0 saturated carbocycles. The van der Waals surface area contributed by atoms with Crippen LogP contribution in [0.4, 0.5) is 5.13 Å². The molecule has 2 aromatic rings. The van der Waals surface area contributed by atoms with Crippen molar-refractivity contribution >= 4 is 75.2 Å². The van der Waals surface area contributed by atoms with Gasteiger partial charge in [-0.25, -0.2) is 9.78 Å². The lowest BCUT2D eigenvalue weighted by Gasteiger charge is -2.51. The smallest absolute Gasteiger partial charge is 0.350 e. The first-order chi connectivity index (χ1) is 26.6. The number of β-lactam (4-membered cyclic amide) rings is 1. The number of thiazole rings is 1. The lowest BCUT2D eigenvalue weighted by molar-refractivity contribution is -0.911. The fourth-order valence-electron chi connectivity index (χ4n) is 4.88. The SMILES string of the molecule is [2H]C1([2H])C([2H])([2H])C([2H])([2H])[N+](CCNC(=O)c2ccc(O)c(O)c2Cl)(CC2=C(C(=O)[O-])N3C(=O)[C@@H](NC(=O)/C(=N\OC(C)(C)C(=O)O)c4csc(N)n4)[C@H]3SC2)C1([2H])[2H]. The van der Waals surface area contributed by atoms with Gasteiger partial charge in [0.2, 0.25) is 5.60 Å². The Labute approximate surface area is 309 Å². The number of nitrogen functional groups attached to an aromatic ring is 1. The molecule has 0 radical (unpaired) electrons. The van der Waals surface area contributed by atoms with Crippen molar-refractivity contribution in [2.75, 3.05) is 44.1 Å². The molecule has 3 aliphatic heterocycles. The van der Waals surface area contributed by atoms with E-state index in [0.717, 1.165) is 49.1 Å². The van der Waals surface area contributed by atoms with Gasteiger partial charge in [-0.3, -0.25) is 19.3 Å². The molecule has 4 heterocycles. The molecule has 1 aromatic carbocycles. The average molecular weight is 760 g/mol. The minimum Gasteiger partial charge on any atom is -0.543 e. The van der Waals surface area contributed by atoms with Crippen LogP contribution in [0.2, 0.25) is 5.02 Å². The number of benzene rings is 1. The van der Waals surface area contributed by atoms with E-state index in [1.54, 1.807) is 0 Å². The van der Waals surface area contributed by atoms with Crippen molar-refractivity contribution in [3.05, 3.63) is 45.1 Å². The number of nitrogens with zero attached hydrogens (tertiary/aromatic N) is 4. The fraction of sp³-hybridized carbons (Fsp3) is 0.433. The number of fused-ring (bicyclic) bond motifs is 1. The molecule has 2 atom stereocenters. The van der Waals surface area contributed by atoms with Crippen LogP contribution in [0.3, 0.4) is 0 Å². The molecular formula is C30H34ClN7O10S2. The van der Waals surface area contributed by atoms with Crippen molar-refractivity contribution in [1.29, 1.82) is 0 Å². The van der Waals surface area contributed by atoms with E-state index in [4.69, 9.17) is 33.1 Å². The van der Waals surface area contributed by atoms with Crippen molar-refractivity contribution in [2.24, 2.45) is 5.16 Å². The summed E-state index contributed by atoms with van der Waals surface area (Å²) in [6.45, 7) is -7.39. The third-order valence-corrected chi connectivity index (χ3v) is 9.96. The Hall–Kier alpha value is -4.59. The third-order valence-electron chi connectivity index (χ3n) is 7.57. The van der Waals surface area contributed by atoms with Gasteiger partial charge in [0.25, 0.3) is 17.7 Å². The monoisotopic (exact) mass is 759 g/mol. The maximum absolute atomic E-state index is 13.6. The van der Waals surface area contributed by atoms with Gasteiger partial charge in [-0.1, -0.05) is 16.8 Å². The molecule has 0 spiro atoms. The van der Waals surface area contributed by atoms with Crippen molar-refractivity contribution in [3.8, 4) is 11.5 Å². The summed E-state index contributed by atoms with van der Waals surface area (Å²) in [5.41, 5.74) is 1.41. The number of aromatic nitrogens is 1. The lowest BCUT2D eigenvalue weighted by Crippen LogP contribution is -2.72. The molecule has 0 unspecified atom stereocenters. The fourth-order valence-corrected chi connectivity index (χ4v) is 7.01. The minimum absolute atomic E-state index is 0.00394. The number of nitrogens with two attached hydrogens (primary N) is 1. The van der Waals surface area contributed by atoms with E-state index < -0.39 is 130 Å². The lowest BCUT2D eigenvalue weighted by atomic mass is 10.0. The number of carbonyl (C=O) groups is 5. The second-order valence-corrected chi connectivity index (χ2v) is 13.8. The number of amides is 3. The first kappa shape index (κ1) is 27.2. The molecule has 0 aliphatic carbocycles. The van der Waals surface area contributed by atoms with Gasteiger partial charge in [-0.2, -0.15) is 0 Å². The Kier molecular flexibility index (Phi) is 7.79. The summed E-state index contributed by atoms with van der Waals surface area (Å²) >= 11 is 7.71. The molecule has 0 bridgehead atoms. The number of rotatable bonds is 13. The topological polar surface area (TPSA) is 257 Å². The number of aromatic hydroxyl groups is 2. The predicted octanol–water partition coefficient (Wildman–Crippen LogP) is -0.182. The predicted molar refractivity (Wildman–Crippen MR) is 179 cm³/mol. The molecule has 2 fully saturated rings. The second kappa shape index (κ2) is 14.3. The summed E-state index contributed by atoms with van der Waals surface area (Å²) in [5, 5.41) is 49.7. The highest BCUT2D eigenvalue weighted by molar-refractivity contribution is 8.00. The number of thioether (sulfide) groups is 1. The van der Waals surface area contributed by atoms with E-state index in [0.29, 0.717) is 4.90 Å². The van der Waals surface area contributed by atoms with Gasteiger partial charge in [0, 0.05) is 34.9 Å². The van der Waals surface area contributed by atoms with E-state index in [2.05, 4.69) is 20.8 Å². The number of halogens is 1. The van der Waals surface area contributed by atoms with Crippen LogP contribution in [0.15, 0.2) is 33.9 Å². The van der Waals surface area contributed by atoms with Crippen LogP contribution in [-0.2, 0) is 24.0 Å². The average Bonchev–Trinajstić information content (AvgIpc) is 3.58. The molecule has 1 aromatic heterocycles. The molecule has 50 heavy (non-hydrogen) atoms. The van der Waals surface area contributed by atoms with Gasteiger partial charge in [-0.15, -0.1) is 23.1 Å². The van der Waals surface area contributed by atoms with Crippen LogP contribution in [0, 0.1) is 0 Å². The van der Waals surface area contributed by atoms with E-state index in [-0.39, 0.29) is 22.0 Å². The van der Waals surface area contributed by atoms with Gasteiger partial charge in [0.15, 0.2) is 22.3 Å². The summed E-state index contributed by atoms with van der Waals surface area (Å²) in [5.74, 6) is -8.51. The number of carboxylic acid groups (broad SMARTS) is 2. The van der Waals surface area contributed by atoms with E-state index in [9.17, 15) is 44.4 Å². The first-order valence-corrected chi connectivity index (χ1v) is 16.7. The first-order valence-electron chi connectivity index (χ1n) is 18.4. The normalized spacial score (nSPS) is 26.6. The van der Waals surface area contributed by atoms with Crippen molar-refractivity contribution < 1.29 is 64.7 Å². The molecule has 7 N–H and O–H groups in total. The number of anilines is 1.